The van der Waals surface area contributed by atoms with Gasteiger partial charge in [-0.25, -0.2) is 0 Å². The third-order valence-corrected chi connectivity index (χ3v) is 3.93. The van der Waals surface area contributed by atoms with Crippen molar-refractivity contribution >= 4 is 5.91 Å². The van der Waals surface area contributed by atoms with E-state index in [1.807, 2.05) is 30.5 Å². The zero-order chi connectivity index (χ0) is 15.2. The molecule has 1 aliphatic heterocycles. The fourth-order valence-electron chi connectivity index (χ4n) is 2.71. The number of carbonyl (C=O) groups is 1. The second-order valence-corrected chi connectivity index (χ2v) is 5.56. The summed E-state index contributed by atoms with van der Waals surface area (Å²) in [4.78, 5) is 22.9. The van der Waals surface area contributed by atoms with E-state index < -0.39 is 0 Å². The molecule has 0 spiro atoms. The molecule has 0 unspecified atom stereocenters. The van der Waals surface area contributed by atoms with Gasteiger partial charge in [0.1, 0.15) is 5.69 Å². The highest BCUT2D eigenvalue weighted by atomic mass is 16.1. The highest BCUT2D eigenvalue weighted by molar-refractivity contribution is 5.92. The monoisotopic (exact) mass is 296 g/mol. The van der Waals surface area contributed by atoms with Gasteiger partial charge < -0.3 is 5.32 Å². The van der Waals surface area contributed by atoms with Crippen molar-refractivity contribution in [1.82, 2.24) is 20.2 Å². The molecule has 2 aromatic rings. The van der Waals surface area contributed by atoms with E-state index in [0.29, 0.717) is 5.69 Å². The number of carbonyl (C=O) groups excluding carboxylic acids is 1. The van der Waals surface area contributed by atoms with Crippen LogP contribution in [0.4, 0.5) is 0 Å². The standard InChI is InChI=1S/C17H20N4O/c22-17(16-6-2-4-10-19-16)20-14-7-11-21(12-8-14)13-15-5-1-3-9-18-15/h1-6,9-10,14H,7-8,11-13H2,(H,20,22). The van der Waals surface area contributed by atoms with Crippen LogP contribution in [-0.2, 0) is 6.54 Å². The normalized spacial score (nSPS) is 16.4. The summed E-state index contributed by atoms with van der Waals surface area (Å²) in [5, 5.41) is 3.08. The third kappa shape index (κ3) is 3.89. The van der Waals surface area contributed by atoms with Crippen molar-refractivity contribution in [3.63, 3.8) is 0 Å². The van der Waals surface area contributed by atoms with Crippen LogP contribution in [0.5, 0.6) is 0 Å². The maximum Gasteiger partial charge on any atom is 0.270 e. The zero-order valence-electron chi connectivity index (χ0n) is 12.5. The van der Waals surface area contributed by atoms with Crippen LogP contribution < -0.4 is 5.32 Å². The van der Waals surface area contributed by atoms with Gasteiger partial charge in [-0.3, -0.25) is 19.7 Å². The van der Waals surface area contributed by atoms with Crippen LogP contribution in [-0.4, -0.2) is 39.9 Å². The summed E-state index contributed by atoms with van der Waals surface area (Å²) in [6, 6.07) is 11.6. The van der Waals surface area contributed by atoms with Gasteiger partial charge in [-0.05, 0) is 37.1 Å². The summed E-state index contributed by atoms with van der Waals surface area (Å²) in [6.45, 7) is 2.83. The summed E-state index contributed by atoms with van der Waals surface area (Å²) in [6.07, 6.45) is 5.40. The second kappa shape index (κ2) is 7.13. The van der Waals surface area contributed by atoms with E-state index in [1.54, 1.807) is 12.3 Å². The van der Waals surface area contributed by atoms with Crippen LogP contribution in [0.2, 0.25) is 0 Å². The molecule has 0 radical (unpaired) electrons. The maximum atomic E-state index is 12.1. The number of aromatic nitrogens is 2. The lowest BCUT2D eigenvalue weighted by Gasteiger charge is -2.32. The Morgan fingerprint density at radius 2 is 1.82 bits per heavy atom. The molecule has 0 saturated carbocycles. The molecule has 0 atom stereocenters. The third-order valence-electron chi connectivity index (χ3n) is 3.93. The van der Waals surface area contributed by atoms with Crippen molar-refractivity contribution in [2.45, 2.75) is 25.4 Å². The number of nitrogens with one attached hydrogen (secondary N) is 1. The number of amides is 1. The first-order valence-corrected chi connectivity index (χ1v) is 7.65. The van der Waals surface area contributed by atoms with Crippen LogP contribution in [0.3, 0.4) is 0 Å². The summed E-state index contributed by atoms with van der Waals surface area (Å²) < 4.78 is 0. The fraction of sp³-hybridized carbons (Fsp3) is 0.353. The van der Waals surface area contributed by atoms with Crippen LogP contribution in [0, 0.1) is 0 Å². The summed E-state index contributed by atoms with van der Waals surface area (Å²) in [7, 11) is 0. The Morgan fingerprint density at radius 1 is 1.09 bits per heavy atom. The Kier molecular flexibility index (Phi) is 4.75. The van der Waals surface area contributed by atoms with Crippen molar-refractivity contribution in [2.75, 3.05) is 13.1 Å². The molecule has 114 valence electrons. The van der Waals surface area contributed by atoms with Gasteiger partial charge in [-0.15, -0.1) is 0 Å². The molecule has 0 aliphatic carbocycles. The number of hydrogen-bond acceptors (Lipinski definition) is 4. The molecule has 0 bridgehead atoms. The van der Waals surface area contributed by atoms with E-state index in [9.17, 15) is 4.79 Å². The van der Waals surface area contributed by atoms with Gasteiger partial charge in [0, 0.05) is 38.1 Å². The molecule has 5 nitrogen and oxygen atoms in total. The summed E-state index contributed by atoms with van der Waals surface area (Å²) in [5.74, 6) is -0.0798. The Hall–Kier alpha value is -2.27. The Bertz CT molecular complexity index is 595. The van der Waals surface area contributed by atoms with Crippen molar-refractivity contribution < 1.29 is 4.79 Å². The van der Waals surface area contributed by atoms with Crippen LogP contribution in [0.15, 0.2) is 48.8 Å². The molecule has 1 fully saturated rings. The quantitative estimate of drug-likeness (QED) is 0.936. The number of nitrogens with zero attached hydrogens (tertiary/aromatic N) is 3. The first-order valence-electron chi connectivity index (χ1n) is 7.65. The lowest BCUT2D eigenvalue weighted by Crippen LogP contribution is -2.44. The van der Waals surface area contributed by atoms with E-state index >= 15 is 0 Å². The maximum absolute atomic E-state index is 12.1. The molecule has 22 heavy (non-hydrogen) atoms. The van der Waals surface area contributed by atoms with E-state index in [-0.39, 0.29) is 11.9 Å². The van der Waals surface area contributed by atoms with Gasteiger partial charge in [0.15, 0.2) is 0 Å². The molecule has 1 amide bonds. The predicted octanol–water partition coefficient (Wildman–Crippen LogP) is 1.87. The lowest BCUT2D eigenvalue weighted by atomic mass is 10.0. The van der Waals surface area contributed by atoms with Crippen LogP contribution in [0.1, 0.15) is 29.0 Å². The van der Waals surface area contributed by atoms with Crippen molar-refractivity contribution in [3.05, 3.63) is 60.2 Å². The molecular weight excluding hydrogens is 276 g/mol. The highest BCUT2D eigenvalue weighted by Gasteiger charge is 2.21. The van der Waals surface area contributed by atoms with Crippen molar-refractivity contribution in [1.29, 1.82) is 0 Å². The van der Waals surface area contributed by atoms with Crippen molar-refractivity contribution in [2.24, 2.45) is 0 Å². The average Bonchev–Trinajstić information content (AvgIpc) is 2.58. The largest absolute Gasteiger partial charge is 0.348 e. The first-order chi connectivity index (χ1) is 10.8. The van der Waals surface area contributed by atoms with Crippen LogP contribution >= 0.6 is 0 Å². The number of pyridine rings is 2. The minimum Gasteiger partial charge on any atom is -0.348 e. The van der Waals surface area contributed by atoms with Crippen LogP contribution in [0.25, 0.3) is 0 Å². The molecule has 0 aromatic carbocycles. The van der Waals surface area contributed by atoms with Gasteiger partial charge >= 0.3 is 0 Å². The smallest absolute Gasteiger partial charge is 0.270 e. The molecule has 2 aromatic heterocycles. The summed E-state index contributed by atoms with van der Waals surface area (Å²) >= 11 is 0. The fourth-order valence-corrected chi connectivity index (χ4v) is 2.71. The van der Waals surface area contributed by atoms with Gasteiger partial charge in [0.25, 0.3) is 5.91 Å². The van der Waals surface area contributed by atoms with Gasteiger partial charge in [0.05, 0.1) is 5.69 Å². The SMILES string of the molecule is O=C(NC1CCN(Cc2ccccn2)CC1)c1ccccn1. The van der Waals surface area contributed by atoms with E-state index in [2.05, 4.69) is 26.3 Å². The van der Waals surface area contributed by atoms with Gasteiger partial charge in [0.2, 0.25) is 0 Å². The minimum atomic E-state index is -0.0798. The molecule has 1 saturated heterocycles. The molecular formula is C17H20N4O. The predicted molar refractivity (Wildman–Crippen MR) is 84.2 cm³/mol. The Morgan fingerprint density at radius 3 is 2.45 bits per heavy atom. The Balaban J connectivity index is 1.47. The Labute approximate surface area is 130 Å². The van der Waals surface area contributed by atoms with Crippen molar-refractivity contribution in [3.8, 4) is 0 Å². The van der Waals surface area contributed by atoms with E-state index in [0.717, 1.165) is 38.2 Å². The molecule has 1 N–H and O–H groups in total. The van der Waals surface area contributed by atoms with E-state index in [1.165, 1.54) is 0 Å². The average molecular weight is 296 g/mol. The molecule has 1 aliphatic rings. The summed E-state index contributed by atoms with van der Waals surface area (Å²) in [5.41, 5.74) is 1.58. The van der Waals surface area contributed by atoms with Gasteiger partial charge in [-0.1, -0.05) is 12.1 Å². The van der Waals surface area contributed by atoms with E-state index in [4.69, 9.17) is 0 Å². The molecule has 3 rings (SSSR count). The molecule has 3 heterocycles. The number of rotatable bonds is 4. The first kappa shape index (κ1) is 14.7. The van der Waals surface area contributed by atoms with Gasteiger partial charge in [-0.2, -0.15) is 0 Å². The highest BCUT2D eigenvalue weighted by Crippen LogP contribution is 2.13. The number of hydrogen-bond donors (Lipinski definition) is 1. The molecule has 5 heteroatoms. The lowest BCUT2D eigenvalue weighted by molar-refractivity contribution is 0.0903. The zero-order valence-corrected chi connectivity index (χ0v) is 12.5. The second-order valence-electron chi connectivity index (χ2n) is 5.56. The topological polar surface area (TPSA) is 58.1 Å². The minimum absolute atomic E-state index is 0.0798. The number of piperidine rings is 1. The number of likely N-dealkylation sites (tertiary alicyclic amines) is 1.